The molecule has 2 rings (SSSR count). The largest absolute Gasteiger partial charge is 0.236 e. The van der Waals surface area contributed by atoms with Gasteiger partial charge >= 0.3 is 0 Å². The molecule has 1 aromatic carbocycles. The van der Waals surface area contributed by atoms with Crippen molar-refractivity contribution in [1.29, 1.82) is 0 Å². The van der Waals surface area contributed by atoms with Gasteiger partial charge in [0.2, 0.25) is 0 Å². The van der Waals surface area contributed by atoms with Crippen LogP contribution in [-0.4, -0.2) is 9.97 Å². The lowest BCUT2D eigenvalue weighted by Crippen LogP contribution is -1.90. The van der Waals surface area contributed by atoms with E-state index in [0.717, 1.165) is 0 Å². The van der Waals surface area contributed by atoms with E-state index in [-0.39, 0.29) is 5.82 Å². The highest BCUT2D eigenvalue weighted by Crippen LogP contribution is 2.26. The van der Waals surface area contributed by atoms with E-state index in [9.17, 15) is 4.39 Å². The molecule has 1 heterocycles. The molecule has 0 amide bonds. The topological polar surface area (TPSA) is 25.8 Å². The molecule has 0 N–H and O–H groups in total. The minimum atomic E-state index is -0.312. The minimum absolute atomic E-state index is 0.312. The van der Waals surface area contributed by atoms with Crippen molar-refractivity contribution in [3.63, 3.8) is 0 Å². The highest BCUT2D eigenvalue weighted by molar-refractivity contribution is 9.10. The Morgan fingerprint density at radius 2 is 2.07 bits per heavy atom. The van der Waals surface area contributed by atoms with Gasteiger partial charge in [-0.05, 0) is 40.2 Å². The molecule has 0 bridgehead atoms. The van der Waals surface area contributed by atoms with Gasteiger partial charge in [0.1, 0.15) is 11.0 Å². The van der Waals surface area contributed by atoms with Crippen molar-refractivity contribution >= 4 is 27.5 Å². The Morgan fingerprint density at radius 3 is 2.73 bits per heavy atom. The fourth-order valence-corrected chi connectivity index (χ4v) is 1.80. The average molecular weight is 288 g/mol. The van der Waals surface area contributed by atoms with E-state index in [4.69, 9.17) is 11.6 Å². The van der Waals surface area contributed by atoms with Gasteiger partial charge in [-0.25, -0.2) is 14.4 Å². The van der Waals surface area contributed by atoms with Crippen LogP contribution in [0.15, 0.2) is 34.9 Å². The monoisotopic (exact) mass is 286 g/mol. The van der Waals surface area contributed by atoms with Crippen LogP contribution in [0, 0.1) is 5.82 Å². The maximum Gasteiger partial charge on any atom is 0.161 e. The van der Waals surface area contributed by atoms with E-state index >= 15 is 0 Å². The second kappa shape index (κ2) is 4.24. The van der Waals surface area contributed by atoms with Crippen LogP contribution in [0.4, 0.5) is 4.39 Å². The molecule has 0 fully saturated rings. The molecule has 1 aromatic heterocycles. The maximum atomic E-state index is 12.8. The molecular weight excluding hydrogens is 282 g/mol. The van der Waals surface area contributed by atoms with Crippen molar-refractivity contribution in [3.05, 3.63) is 45.9 Å². The van der Waals surface area contributed by atoms with Gasteiger partial charge in [-0.1, -0.05) is 11.6 Å². The van der Waals surface area contributed by atoms with E-state index < -0.39 is 0 Å². The lowest BCUT2D eigenvalue weighted by Gasteiger charge is -2.02. The molecule has 0 aliphatic carbocycles. The van der Waals surface area contributed by atoms with Crippen LogP contribution in [0.25, 0.3) is 11.4 Å². The summed E-state index contributed by atoms with van der Waals surface area (Å²) in [6, 6.07) is 5.90. The molecule has 0 unspecified atom stereocenters. The Kier molecular flexibility index (Phi) is 2.98. The number of hydrogen-bond donors (Lipinski definition) is 0. The zero-order valence-corrected chi connectivity index (χ0v) is 9.76. The summed E-state index contributed by atoms with van der Waals surface area (Å²) in [6.07, 6.45) is 1.56. The van der Waals surface area contributed by atoms with E-state index in [2.05, 4.69) is 25.9 Å². The molecule has 76 valence electrons. The molecule has 0 aliphatic rings. The Bertz CT molecular complexity index is 505. The van der Waals surface area contributed by atoms with Crippen molar-refractivity contribution < 1.29 is 4.39 Å². The molecule has 2 nitrogen and oxygen atoms in total. The Hall–Kier alpha value is -1.00. The highest BCUT2D eigenvalue weighted by Gasteiger charge is 2.07. The van der Waals surface area contributed by atoms with Gasteiger partial charge in [0.25, 0.3) is 0 Å². The first-order valence-electron chi connectivity index (χ1n) is 4.11. The molecule has 5 heteroatoms. The smallest absolute Gasteiger partial charge is 0.161 e. The number of aromatic nitrogens is 2. The standard InChI is InChI=1S/C10H5BrClFN2/c11-8-5-6(13)1-2-7(8)10-14-4-3-9(12)15-10/h1-5H. The van der Waals surface area contributed by atoms with Gasteiger partial charge < -0.3 is 0 Å². The predicted octanol–water partition coefficient (Wildman–Crippen LogP) is 3.70. The zero-order valence-electron chi connectivity index (χ0n) is 7.42. The van der Waals surface area contributed by atoms with Crippen LogP contribution in [0.1, 0.15) is 0 Å². The Labute approximate surface area is 99.3 Å². The molecule has 15 heavy (non-hydrogen) atoms. The molecule has 0 atom stereocenters. The second-order valence-corrected chi connectivity index (χ2v) is 4.07. The van der Waals surface area contributed by atoms with Crippen molar-refractivity contribution in [2.75, 3.05) is 0 Å². The fraction of sp³-hybridized carbons (Fsp3) is 0. The van der Waals surface area contributed by atoms with Crippen LogP contribution < -0.4 is 0 Å². The third-order valence-corrected chi connectivity index (χ3v) is 2.66. The van der Waals surface area contributed by atoms with Gasteiger partial charge in [0.15, 0.2) is 5.82 Å². The third-order valence-electron chi connectivity index (χ3n) is 1.79. The van der Waals surface area contributed by atoms with E-state index in [1.165, 1.54) is 12.1 Å². The van der Waals surface area contributed by atoms with Gasteiger partial charge in [-0.2, -0.15) is 0 Å². The fourth-order valence-electron chi connectivity index (χ4n) is 1.14. The SMILES string of the molecule is Fc1ccc(-c2nccc(Cl)n2)c(Br)c1. The molecule has 0 aliphatic heterocycles. The van der Waals surface area contributed by atoms with Gasteiger partial charge in [0, 0.05) is 16.2 Å². The average Bonchev–Trinajstić information content (AvgIpc) is 2.17. The van der Waals surface area contributed by atoms with Gasteiger partial charge in [0.05, 0.1) is 0 Å². The lowest BCUT2D eigenvalue weighted by atomic mass is 10.2. The number of benzene rings is 1. The normalized spacial score (nSPS) is 10.3. The molecule has 0 saturated heterocycles. The molecule has 0 spiro atoms. The Morgan fingerprint density at radius 1 is 1.27 bits per heavy atom. The van der Waals surface area contributed by atoms with E-state index in [1.807, 2.05) is 0 Å². The first-order valence-corrected chi connectivity index (χ1v) is 5.28. The minimum Gasteiger partial charge on any atom is -0.236 e. The summed E-state index contributed by atoms with van der Waals surface area (Å²) in [5.41, 5.74) is 0.707. The number of rotatable bonds is 1. The maximum absolute atomic E-state index is 12.8. The summed E-state index contributed by atoms with van der Waals surface area (Å²) in [5, 5.41) is 0.358. The predicted molar refractivity (Wildman–Crippen MR) is 60.1 cm³/mol. The second-order valence-electron chi connectivity index (χ2n) is 2.83. The van der Waals surface area contributed by atoms with E-state index in [1.54, 1.807) is 18.3 Å². The first-order chi connectivity index (χ1) is 7.16. The van der Waals surface area contributed by atoms with Gasteiger partial charge in [-0.3, -0.25) is 0 Å². The number of halogens is 3. The number of nitrogens with zero attached hydrogens (tertiary/aromatic N) is 2. The van der Waals surface area contributed by atoms with Crippen LogP contribution in [0.3, 0.4) is 0 Å². The van der Waals surface area contributed by atoms with Crippen molar-refractivity contribution in [2.24, 2.45) is 0 Å². The van der Waals surface area contributed by atoms with Crippen LogP contribution in [0.2, 0.25) is 5.15 Å². The molecule has 0 radical (unpaired) electrons. The molecule has 2 aromatic rings. The van der Waals surface area contributed by atoms with Crippen LogP contribution >= 0.6 is 27.5 Å². The molecular formula is C10H5BrClFN2. The van der Waals surface area contributed by atoms with Crippen molar-refractivity contribution in [3.8, 4) is 11.4 Å². The Balaban J connectivity index is 2.54. The number of hydrogen-bond acceptors (Lipinski definition) is 2. The van der Waals surface area contributed by atoms with Crippen LogP contribution in [0.5, 0.6) is 0 Å². The summed E-state index contributed by atoms with van der Waals surface area (Å²) < 4.78 is 13.4. The zero-order chi connectivity index (χ0) is 10.8. The highest BCUT2D eigenvalue weighted by atomic mass is 79.9. The quantitative estimate of drug-likeness (QED) is 0.747. The first kappa shape index (κ1) is 10.5. The summed E-state index contributed by atoms with van der Waals surface area (Å²) in [4.78, 5) is 8.09. The lowest BCUT2D eigenvalue weighted by molar-refractivity contribution is 0.627. The summed E-state index contributed by atoms with van der Waals surface area (Å²) in [5.74, 6) is 0.155. The molecule has 0 saturated carbocycles. The van der Waals surface area contributed by atoms with Crippen molar-refractivity contribution in [2.45, 2.75) is 0 Å². The summed E-state index contributed by atoms with van der Waals surface area (Å²) >= 11 is 8.98. The van der Waals surface area contributed by atoms with Gasteiger partial charge in [-0.15, -0.1) is 0 Å². The third kappa shape index (κ3) is 2.33. The summed E-state index contributed by atoms with van der Waals surface area (Å²) in [7, 11) is 0. The van der Waals surface area contributed by atoms with Crippen LogP contribution in [-0.2, 0) is 0 Å². The van der Waals surface area contributed by atoms with Crippen molar-refractivity contribution in [1.82, 2.24) is 9.97 Å². The summed E-state index contributed by atoms with van der Waals surface area (Å²) in [6.45, 7) is 0. The van der Waals surface area contributed by atoms with E-state index in [0.29, 0.717) is 21.0 Å².